The number of hydrogen-bond acceptors (Lipinski definition) is 4. The Labute approximate surface area is 126 Å². The molecule has 20 heavy (non-hydrogen) atoms. The highest BCUT2D eigenvalue weighted by Crippen LogP contribution is 2.26. The zero-order valence-electron chi connectivity index (χ0n) is 10.6. The minimum absolute atomic E-state index is 0.561. The van der Waals surface area contributed by atoms with Crippen molar-refractivity contribution >= 4 is 28.8 Å². The summed E-state index contributed by atoms with van der Waals surface area (Å²) in [6.07, 6.45) is 3.57. The first kappa shape index (κ1) is 13.1. The van der Waals surface area contributed by atoms with E-state index in [2.05, 4.69) is 33.5 Å². The van der Waals surface area contributed by atoms with Gasteiger partial charge in [0.15, 0.2) is 4.47 Å². The number of benzene rings is 1. The standard InChI is InChI=1S/C15H12ClN3S/c16-15-19-10-12(20-15)9-18-14-13(7-4-8-17-14)11-5-2-1-3-6-11/h1-8,10H,9H2,(H,17,18). The number of hydrogen-bond donors (Lipinski definition) is 1. The lowest BCUT2D eigenvalue weighted by atomic mass is 10.1. The van der Waals surface area contributed by atoms with E-state index in [1.54, 1.807) is 12.4 Å². The van der Waals surface area contributed by atoms with Crippen LogP contribution in [0.3, 0.4) is 0 Å². The summed E-state index contributed by atoms with van der Waals surface area (Å²) >= 11 is 7.31. The molecule has 3 nitrogen and oxygen atoms in total. The van der Waals surface area contributed by atoms with E-state index in [4.69, 9.17) is 11.6 Å². The van der Waals surface area contributed by atoms with E-state index < -0.39 is 0 Å². The molecule has 0 aliphatic carbocycles. The molecule has 100 valence electrons. The van der Waals surface area contributed by atoms with Gasteiger partial charge in [-0.3, -0.25) is 0 Å². The highest BCUT2D eigenvalue weighted by molar-refractivity contribution is 7.15. The van der Waals surface area contributed by atoms with Crippen LogP contribution in [0.25, 0.3) is 11.1 Å². The summed E-state index contributed by atoms with van der Waals surface area (Å²) < 4.78 is 0.561. The number of aromatic nitrogens is 2. The minimum Gasteiger partial charge on any atom is -0.365 e. The third-order valence-electron chi connectivity index (χ3n) is 2.85. The first-order valence-corrected chi connectivity index (χ1v) is 7.37. The van der Waals surface area contributed by atoms with E-state index in [-0.39, 0.29) is 0 Å². The van der Waals surface area contributed by atoms with E-state index in [1.807, 2.05) is 24.3 Å². The number of halogens is 1. The fourth-order valence-corrected chi connectivity index (χ4v) is 2.85. The molecule has 0 fully saturated rings. The van der Waals surface area contributed by atoms with Crippen molar-refractivity contribution in [1.29, 1.82) is 0 Å². The number of anilines is 1. The SMILES string of the molecule is Clc1ncc(CNc2ncccc2-c2ccccc2)s1. The first-order chi connectivity index (χ1) is 9.83. The van der Waals surface area contributed by atoms with Crippen molar-refractivity contribution in [3.8, 4) is 11.1 Å². The Hall–Kier alpha value is -1.91. The van der Waals surface area contributed by atoms with Gasteiger partial charge in [0, 0.05) is 22.8 Å². The summed E-state index contributed by atoms with van der Waals surface area (Å²) in [5.74, 6) is 0.864. The molecule has 0 bridgehead atoms. The molecule has 3 aromatic rings. The monoisotopic (exact) mass is 301 g/mol. The summed E-state index contributed by atoms with van der Waals surface area (Å²) in [7, 11) is 0. The van der Waals surface area contributed by atoms with Crippen molar-refractivity contribution in [2.75, 3.05) is 5.32 Å². The zero-order chi connectivity index (χ0) is 13.8. The van der Waals surface area contributed by atoms with Crippen LogP contribution in [0.4, 0.5) is 5.82 Å². The second-order valence-electron chi connectivity index (χ2n) is 4.20. The van der Waals surface area contributed by atoms with Crippen molar-refractivity contribution < 1.29 is 0 Å². The van der Waals surface area contributed by atoms with Crippen LogP contribution < -0.4 is 5.32 Å². The predicted molar refractivity (Wildman–Crippen MR) is 84.1 cm³/mol. The smallest absolute Gasteiger partial charge is 0.183 e. The van der Waals surface area contributed by atoms with E-state index in [0.717, 1.165) is 21.8 Å². The maximum atomic E-state index is 5.83. The van der Waals surface area contributed by atoms with E-state index >= 15 is 0 Å². The maximum absolute atomic E-state index is 5.83. The largest absolute Gasteiger partial charge is 0.365 e. The van der Waals surface area contributed by atoms with E-state index in [0.29, 0.717) is 11.0 Å². The molecule has 0 amide bonds. The maximum Gasteiger partial charge on any atom is 0.183 e. The fourth-order valence-electron chi connectivity index (χ4n) is 1.93. The highest BCUT2D eigenvalue weighted by Gasteiger charge is 2.06. The Bertz CT molecular complexity index is 697. The van der Waals surface area contributed by atoms with Gasteiger partial charge in [-0.05, 0) is 17.7 Å². The van der Waals surface area contributed by atoms with Gasteiger partial charge in [0.2, 0.25) is 0 Å². The van der Waals surface area contributed by atoms with Gasteiger partial charge in [0.1, 0.15) is 5.82 Å². The molecule has 0 atom stereocenters. The molecule has 0 saturated heterocycles. The molecule has 0 spiro atoms. The molecule has 0 aliphatic rings. The van der Waals surface area contributed by atoms with Crippen LogP contribution in [-0.2, 0) is 6.54 Å². The summed E-state index contributed by atoms with van der Waals surface area (Å²) in [4.78, 5) is 9.53. The molecular weight excluding hydrogens is 290 g/mol. The molecule has 1 N–H and O–H groups in total. The summed E-state index contributed by atoms with van der Waals surface area (Å²) in [6.45, 7) is 0.668. The molecule has 3 rings (SSSR count). The Morgan fingerprint density at radius 2 is 1.90 bits per heavy atom. The van der Waals surface area contributed by atoms with Crippen molar-refractivity contribution in [2.45, 2.75) is 6.54 Å². The van der Waals surface area contributed by atoms with Crippen LogP contribution in [0.2, 0.25) is 4.47 Å². The highest BCUT2D eigenvalue weighted by atomic mass is 35.5. The number of pyridine rings is 1. The number of thiazole rings is 1. The lowest BCUT2D eigenvalue weighted by Crippen LogP contribution is -2.01. The molecule has 2 aromatic heterocycles. The minimum atomic E-state index is 0.561. The van der Waals surface area contributed by atoms with Gasteiger partial charge in [0.05, 0.1) is 6.54 Å². The average molecular weight is 302 g/mol. The number of nitrogens with zero attached hydrogens (tertiary/aromatic N) is 2. The van der Waals surface area contributed by atoms with Gasteiger partial charge in [-0.2, -0.15) is 0 Å². The second-order valence-corrected chi connectivity index (χ2v) is 5.90. The van der Waals surface area contributed by atoms with Gasteiger partial charge in [-0.25, -0.2) is 9.97 Å². The molecule has 2 heterocycles. The third kappa shape index (κ3) is 2.98. The Morgan fingerprint density at radius 3 is 2.65 bits per heavy atom. The summed E-state index contributed by atoms with van der Waals surface area (Å²) in [5.41, 5.74) is 2.23. The topological polar surface area (TPSA) is 37.8 Å². The van der Waals surface area contributed by atoms with Crippen LogP contribution in [-0.4, -0.2) is 9.97 Å². The second kappa shape index (κ2) is 6.03. The Kier molecular flexibility index (Phi) is 3.95. The average Bonchev–Trinajstić information content (AvgIpc) is 2.92. The fraction of sp³-hybridized carbons (Fsp3) is 0.0667. The Balaban J connectivity index is 1.83. The third-order valence-corrected chi connectivity index (χ3v) is 3.96. The van der Waals surface area contributed by atoms with Crippen LogP contribution in [0.15, 0.2) is 54.9 Å². The lowest BCUT2D eigenvalue weighted by Gasteiger charge is -2.10. The van der Waals surface area contributed by atoms with E-state index in [1.165, 1.54) is 11.3 Å². The lowest BCUT2D eigenvalue weighted by molar-refractivity contribution is 1.13. The summed E-state index contributed by atoms with van der Waals surface area (Å²) in [6, 6.07) is 14.2. The number of nitrogens with one attached hydrogen (secondary N) is 1. The van der Waals surface area contributed by atoms with Crippen LogP contribution in [0.5, 0.6) is 0 Å². The zero-order valence-corrected chi connectivity index (χ0v) is 12.2. The Morgan fingerprint density at radius 1 is 1.05 bits per heavy atom. The van der Waals surface area contributed by atoms with E-state index in [9.17, 15) is 0 Å². The number of rotatable bonds is 4. The molecule has 5 heteroatoms. The quantitative estimate of drug-likeness (QED) is 0.772. The molecule has 1 aromatic carbocycles. The van der Waals surface area contributed by atoms with Crippen molar-refractivity contribution in [2.24, 2.45) is 0 Å². The van der Waals surface area contributed by atoms with Crippen molar-refractivity contribution in [3.63, 3.8) is 0 Å². The van der Waals surface area contributed by atoms with Gasteiger partial charge in [-0.15, -0.1) is 11.3 Å². The van der Waals surface area contributed by atoms with Gasteiger partial charge >= 0.3 is 0 Å². The van der Waals surface area contributed by atoms with Gasteiger partial charge in [-0.1, -0.05) is 41.9 Å². The predicted octanol–water partition coefficient (Wildman–Crippen LogP) is 4.47. The first-order valence-electron chi connectivity index (χ1n) is 6.17. The van der Waals surface area contributed by atoms with Crippen molar-refractivity contribution in [3.05, 3.63) is 64.2 Å². The van der Waals surface area contributed by atoms with Gasteiger partial charge in [0.25, 0.3) is 0 Å². The molecule has 0 saturated carbocycles. The normalized spacial score (nSPS) is 10.4. The van der Waals surface area contributed by atoms with Crippen LogP contribution >= 0.6 is 22.9 Å². The molecule has 0 aliphatic heterocycles. The van der Waals surface area contributed by atoms with Crippen LogP contribution in [0, 0.1) is 0 Å². The van der Waals surface area contributed by atoms with Crippen molar-refractivity contribution in [1.82, 2.24) is 9.97 Å². The molecular formula is C15H12ClN3S. The van der Waals surface area contributed by atoms with Gasteiger partial charge < -0.3 is 5.32 Å². The molecule has 0 unspecified atom stereocenters. The molecule has 0 radical (unpaired) electrons. The summed E-state index contributed by atoms with van der Waals surface area (Å²) in [5, 5.41) is 3.34. The van der Waals surface area contributed by atoms with Crippen LogP contribution in [0.1, 0.15) is 4.88 Å².